The molecule has 0 radical (unpaired) electrons. The van der Waals surface area contributed by atoms with E-state index in [1.165, 1.54) is 11.1 Å². The summed E-state index contributed by atoms with van der Waals surface area (Å²) in [6, 6.07) is 15.0. The van der Waals surface area contributed by atoms with Gasteiger partial charge < -0.3 is 9.73 Å². The maximum absolute atomic E-state index is 12.6. The van der Waals surface area contributed by atoms with Gasteiger partial charge in [0.15, 0.2) is 0 Å². The molecule has 2 heterocycles. The third kappa shape index (κ3) is 4.12. The highest BCUT2D eigenvalue weighted by molar-refractivity contribution is 5.89. The van der Waals surface area contributed by atoms with Crippen LogP contribution in [0.1, 0.15) is 35.1 Å². The zero-order chi connectivity index (χ0) is 19.5. The SMILES string of the molecule is Cc1ccc2c(CC(=O)NC3CCN(Cc4ccccc4)CC3)coc2c1C. The molecule has 4 heteroatoms. The van der Waals surface area contributed by atoms with Crippen LogP contribution in [0.5, 0.6) is 0 Å². The third-order valence-electron chi connectivity index (χ3n) is 5.89. The average molecular weight is 377 g/mol. The van der Waals surface area contributed by atoms with E-state index < -0.39 is 0 Å². The van der Waals surface area contributed by atoms with Gasteiger partial charge in [-0.3, -0.25) is 9.69 Å². The monoisotopic (exact) mass is 376 g/mol. The van der Waals surface area contributed by atoms with Crippen LogP contribution < -0.4 is 5.32 Å². The zero-order valence-electron chi connectivity index (χ0n) is 16.7. The number of benzene rings is 2. The number of hydrogen-bond acceptors (Lipinski definition) is 3. The standard InChI is InChI=1S/C24H28N2O2/c1-17-8-9-22-20(16-28-24(22)18(17)2)14-23(27)25-21-10-12-26(13-11-21)15-19-6-4-3-5-7-19/h3-9,16,21H,10-15H2,1-2H3,(H,25,27). The minimum atomic E-state index is 0.0856. The molecule has 1 aliphatic heterocycles. The van der Waals surface area contributed by atoms with Crippen LogP contribution in [0.4, 0.5) is 0 Å². The Labute approximate surface area is 166 Å². The van der Waals surface area contributed by atoms with Gasteiger partial charge in [0.05, 0.1) is 12.7 Å². The van der Waals surface area contributed by atoms with Gasteiger partial charge in [-0.1, -0.05) is 42.5 Å². The molecule has 1 aliphatic rings. The van der Waals surface area contributed by atoms with Gasteiger partial charge in [-0.2, -0.15) is 0 Å². The summed E-state index contributed by atoms with van der Waals surface area (Å²) in [7, 11) is 0. The second-order valence-electron chi connectivity index (χ2n) is 7.93. The van der Waals surface area contributed by atoms with Gasteiger partial charge in [-0.15, -0.1) is 0 Å². The van der Waals surface area contributed by atoms with Crippen molar-refractivity contribution in [1.29, 1.82) is 0 Å². The lowest BCUT2D eigenvalue weighted by atomic mass is 10.0. The highest BCUT2D eigenvalue weighted by Gasteiger charge is 2.21. The van der Waals surface area contributed by atoms with Gasteiger partial charge in [0.1, 0.15) is 5.58 Å². The number of likely N-dealkylation sites (tertiary alicyclic amines) is 1. The Bertz CT molecular complexity index is 953. The highest BCUT2D eigenvalue weighted by atomic mass is 16.3. The molecule has 1 aromatic heterocycles. The number of nitrogens with zero attached hydrogens (tertiary/aromatic N) is 1. The number of carbonyl (C=O) groups is 1. The number of furan rings is 1. The Hall–Kier alpha value is -2.59. The quantitative estimate of drug-likeness (QED) is 0.719. The smallest absolute Gasteiger partial charge is 0.224 e. The van der Waals surface area contributed by atoms with Crippen molar-refractivity contribution in [3.05, 3.63) is 71.0 Å². The number of fused-ring (bicyclic) bond motifs is 1. The molecular weight excluding hydrogens is 348 g/mol. The Morgan fingerprint density at radius 1 is 1.11 bits per heavy atom. The number of hydrogen-bond donors (Lipinski definition) is 1. The Kier molecular flexibility index (Phi) is 5.49. The van der Waals surface area contributed by atoms with Crippen LogP contribution >= 0.6 is 0 Å². The van der Waals surface area contributed by atoms with Crippen LogP contribution in [-0.4, -0.2) is 29.9 Å². The molecule has 0 spiro atoms. The lowest BCUT2D eigenvalue weighted by molar-refractivity contribution is -0.121. The summed E-state index contributed by atoms with van der Waals surface area (Å²) in [5.41, 5.74) is 5.58. The van der Waals surface area contributed by atoms with E-state index in [0.717, 1.165) is 54.6 Å². The molecule has 0 bridgehead atoms. The van der Waals surface area contributed by atoms with E-state index in [9.17, 15) is 4.79 Å². The number of piperidine rings is 1. The zero-order valence-corrected chi connectivity index (χ0v) is 16.7. The molecule has 0 aliphatic carbocycles. The van der Waals surface area contributed by atoms with Crippen molar-refractivity contribution >= 4 is 16.9 Å². The van der Waals surface area contributed by atoms with Gasteiger partial charge >= 0.3 is 0 Å². The number of nitrogens with one attached hydrogen (secondary N) is 1. The molecule has 1 amide bonds. The number of aryl methyl sites for hydroxylation is 2. The van der Waals surface area contributed by atoms with E-state index in [1.807, 2.05) is 0 Å². The molecule has 0 atom stereocenters. The summed E-state index contributed by atoms with van der Waals surface area (Å²) >= 11 is 0. The fourth-order valence-corrected chi connectivity index (χ4v) is 4.05. The first-order valence-corrected chi connectivity index (χ1v) is 10.1. The number of amides is 1. The molecule has 0 saturated carbocycles. The summed E-state index contributed by atoms with van der Waals surface area (Å²) in [5.74, 6) is 0.0856. The summed E-state index contributed by atoms with van der Waals surface area (Å²) in [6.07, 6.45) is 4.12. The lowest BCUT2D eigenvalue weighted by Gasteiger charge is -2.32. The molecule has 3 aromatic rings. The summed E-state index contributed by atoms with van der Waals surface area (Å²) < 4.78 is 5.74. The molecule has 146 valence electrons. The fraction of sp³-hybridized carbons (Fsp3) is 0.375. The molecule has 4 rings (SSSR count). The van der Waals surface area contributed by atoms with Gasteiger partial charge in [0.2, 0.25) is 5.91 Å². The molecule has 4 nitrogen and oxygen atoms in total. The van der Waals surface area contributed by atoms with Crippen molar-refractivity contribution in [3.8, 4) is 0 Å². The molecule has 1 saturated heterocycles. The Morgan fingerprint density at radius 3 is 2.61 bits per heavy atom. The Balaban J connectivity index is 1.30. The van der Waals surface area contributed by atoms with Crippen molar-refractivity contribution in [2.24, 2.45) is 0 Å². The maximum Gasteiger partial charge on any atom is 0.224 e. The molecule has 2 aromatic carbocycles. The molecule has 1 fully saturated rings. The lowest BCUT2D eigenvalue weighted by Crippen LogP contribution is -2.44. The van der Waals surface area contributed by atoms with E-state index in [1.54, 1.807) is 6.26 Å². The first-order chi connectivity index (χ1) is 13.6. The second kappa shape index (κ2) is 8.19. The van der Waals surface area contributed by atoms with E-state index >= 15 is 0 Å². The summed E-state index contributed by atoms with van der Waals surface area (Å²) in [6.45, 7) is 7.17. The minimum Gasteiger partial charge on any atom is -0.464 e. The van der Waals surface area contributed by atoms with Gasteiger partial charge in [0.25, 0.3) is 0 Å². The van der Waals surface area contributed by atoms with Gasteiger partial charge in [-0.05, 0) is 43.4 Å². The number of rotatable bonds is 5. The van der Waals surface area contributed by atoms with E-state index in [4.69, 9.17) is 4.42 Å². The van der Waals surface area contributed by atoms with E-state index in [0.29, 0.717) is 6.42 Å². The third-order valence-corrected chi connectivity index (χ3v) is 5.89. The van der Waals surface area contributed by atoms with Crippen LogP contribution in [0.25, 0.3) is 11.0 Å². The normalized spacial score (nSPS) is 15.8. The van der Waals surface area contributed by atoms with Crippen molar-refractivity contribution in [2.75, 3.05) is 13.1 Å². The van der Waals surface area contributed by atoms with E-state index in [-0.39, 0.29) is 11.9 Å². The van der Waals surface area contributed by atoms with E-state index in [2.05, 4.69) is 66.5 Å². The predicted octanol–water partition coefficient (Wildman–Crippen LogP) is 4.37. The van der Waals surface area contributed by atoms with Crippen LogP contribution in [0.2, 0.25) is 0 Å². The highest BCUT2D eigenvalue weighted by Crippen LogP contribution is 2.26. The maximum atomic E-state index is 12.6. The van der Waals surface area contributed by atoms with Gasteiger partial charge in [-0.25, -0.2) is 0 Å². The largest absolute Gasteiger partial charge is 0.464 e. The van der Waals surface area contributed by atoms with Crippen molar-refractivity contribution in [1.82, 2.24) is 10.2 Å². The molecule has 28 heavy (non-hydrogen) atoms. The Morgan fingerprint density at radius 2 is 1.86 bits per heavy atom. The summed E-state index contributed by atoms with van der Waals surface area (Å²) in [5, 5.41) is 4.28. The van der Waals surface area contributed by atoms with Crippen LogP contribution in [0.15, 0.2) is 53.1 Å². The average Bonchev–Trinajstić information content (AvgIpc) is 3.10. The van der Waals surface area contributed by atoms with Crippen LogP contribution in [0, 0.1) is 13.8 Å². The molecular formula is C24H28N2O2. The van der Waals surface area contributed by atoms with Gasteiger partial charge in [0, 0.05) is 36.6 Å². The van der Waals surface area contributed by atoms with Crippen LogP contribution in [0.3, 0.4) is 0 Å². The van der Waals surface area contributed by atoms with Crippen molar-refractivity contribution < 1.29 is 9.21 Å². The number of carbonyl (C=O) groups excluding carboxylic acids is 1. The first-order valence-electron chi connectivity index (χ1n) is 10.1. The first kappa shape index (κ1) is 18.8. The predicted molar refractivity (Wildman–Crippen MR) is 112 cm³/mol. The topological polar surface area (TPSA) is 45.5 Å². The van der Waals surface area contributed by atoms with Crippen molar-refractivity contribution in [2.45, 2.75) is 45.7 Å². The fourth-order valence-electron chi connectivity index (χ4n) is 4.05. The van der Waals surface area contributed by atoms with Crippen molar-refractivity contribution in [3.63, 3.8) is 0 Å². The summed E-state index contributed by atoms with van der Waals surface area (Å²) in [4.78, 5) is 15.0. The molecule has 1 N–H and O–H groups in total. The second-order valence-corrected chi connectivity index (χ2v) is 7.93. The molecule has 0 unspecified atom stereocenters. The minimum absolute atomic E-state index is 0.0856. The van der Waals surface area contributed by atoms with Crippen LogP contribution in [-0.2, 0) is 17.8 Å².